The van der Waals surface area contributed by atoms with Crippen molar-refractivity contribution < 1.29 is 14.6 Å². The standard InChI is InChI=1S/C7H13NO3/c1-11-7(10)6-2-5(4-9)3-8-6/h5-6,8-9H,2-4H2,1H3/t5-,6-/m1/s1. The van der Waals surface area contributed by atoms with Crippen LogP contribution in [0.1, 0.15) is 6.42 Å². The molecule has 1 fully saturated rings. The summed E-state index contributed by atoms with van der Waals surface area (Å²) in [5.41, 5.74) is 0. The number of hydrogen-bond acceptors (Lipinski definition) is 4. The lowest BCUT2D eigenvalue weighted by molar-refractivity contribution is -0.142. The van der Waals surface area contributed by atoms with E-state index in [-0.39, 0.29) is 24.5 Å². The fourth-order valence-corrected chi connectivity index (χ4v) is 1.27. The molecule has 1 saturated heterocycles. The van der Waals surface area contributed by atoms with Gasteiger partial charge in [-0.3, -0.25) is 4.79 Å². The SMILES string of the molecule is COC(=O)[C@H]1C[C@@H](CO)CN1. The zero-order chi connectivity index (χ0) is 8.27. The minimum Gasteiger partial charge on any atom is -0.468 e. The second kappa shape index (κ2) is 3.69. The molecule has 4 heteroatoms. The molecule has 0 unspecified atom stereocenters. The molecule has 0 amide bonds. The smallest absolute Gasteiger partial charge is 0.322 e. The molecule has 1 aliphatic rings. The average Bonchev–Trinajstić information content (AvgIpc) is 2.50. The van der Waals surface area contributed by atoms with Gasteiger partial charge in [-0.15, -0.1) is 0 Å². The maximum Gasteiger partial charge on any atom is 0.322 e. The van der Waals surface area contributed by atoms with Crippen LogP contribution in [0.2, 0.25) is 0 Å². The third-order valence-electron chi connectivity index (χ3n) is 1.97. The normalized spacial score (nSPS) is 30.4. The zero-order valence-electron chi connectivity index (χ0n) is 6.54. The third kappa shape index (κ3) is 1.91. The first-order chi connectivity index (χ1) is 5.27. The topological polar surface area (TPSA) is 58.6 Å². The first-order valence-electron chi connectivity index (χ1n) is 3.70. The quantitative estimate of drug-likeness (QED) is 0.514. The van der Waals surface area contributed by atoms with Crippen molar-refractivity contribution >= 4 is 5.97 Å². The number of ether oxygens (including phenoxy) is 1. The van der Waals surface area contributed by atoms with Crippen LogP contribution in [0.4, 0.5) is 0 Å². The van der Waals surface area contributed by atoms with Crippen LogP contribution in [0, 0.1) is 5.92 Å². The molecule has 0 bridgehead atoms. The molecule has 0 saturated carbocycles. The van der Waals surface area contributed by atoms with Crippen molar-refractivity contribution in [2.45, 2.75) is 12.5 Å². The van der Waals surface area contributed by atoms with Gasteiger partial charge in [0.1, 0.15) is 6.04 Å². The van der Waals surface area contributed by atoms with Crippen molar-refractivity contribution in [3.63, 3.8) is 0 Å². The zero-order valence-corrected chi connectivity index (χ0v) is 6.54. The van der Waals surface area contributed by atoms with Gasteiger partial charge in [-0.25, -0.2) is 0 Å². The Labute approximate surface area is 65.5 Å². The minimum atomic E-state index is -0.235. The number of carbonyl (C=O) groups excluding carboxylic acids is 1. The Bertz CT molecular complexity index is 149. The highest BCUT2D eigenvalue weighted by molar-refractivity contribution is 5.75. The molecule has 2 N–H and O–H groups in total. The Morgan fingerprint density at radius 3 is 3.00 bits per heavy atom. The lowest BCUT2D eigenvalue weighted by atomic mass is 10.1. The lowest BCUT2D eigenvalue weighted by Crippen LogP contribution is -2.31. The van der Waals surface area contributed by atoms with Crippen molar-refractivity contribution in [3.05, 3.63) is 0 Å². The summed E-state index contributed by atoms with van der Waals surface area (Å²) in [6, 6.07) is -0.211. The Balaban J connectivity index is 2.35. The van der Waals surface area contributed by atoms with Gasteiger partial charge in [-0.05, 0) is 12.3 Å². The average molecular weight is 159 g/mol. The Hall–Kier alpha value is -0.610. The summed E-state index contributed by atoms with van der Waals surface area (Å²) in [7, 11) is 1.37. The van der Waals surface area contributed by atoms with E-state index in [4.69, 9.17) is 5.11 Å². The number of aliphatic hydroxyl groups excluding tert-OH is 1. The predicted octanol–water partition coefficient (Wildman–Crippen LogP) is -0.870. The fraction of sp³-hybridized carbons (Fsp3) is 0.857. The van der Waals surface area contributed by atoms with Crippen molar-refractivity contribution in [1.82, 2.24) is 5.32 Å². The highest BCUT2D eigenvalue weighted by atomic mass is 16.5. The maximum absolute atomic E-state index is 10.9. The first-order valence-corrected chi connectivity index (χ1v) is 3.70. The summed E-state index contributed by atoms with van der Waals surface area (Å²) in [5.74, 6) is -0.0277. The highest BCUT2D eigenvalue weighted by Gasteiger charge is 2.29. The van der Waals surface area contributed by atoms with Gasteiger partial charge in [0.05, 0.1) is 7.11 Å². The van der Waals surface area contributed by atoms with Gasteiger partial charge in [0.25, 0.3) is 0 Å². The van der Waals surface area contributed by atoms with Crippen LogP contribution in [-0.2, 0) is 9.53 Å². The highest BCUT2D eigenvalue weighted by Crippen LogP contribution is 2.13. The summed E-state index contributed by atoms with van der Waals surface area (Å²) in [5, 5.41) is 11.7. The van der Waals surface area contributed by atoms with Crippen LogP contribution in [0.25, 0.3) is 0 Å². The number of hydrogen-bond donors (Lipinski definition) is 2. The van der Waals surface area contributed by atoms with E-state index in [1.165, 1.54) is 7.11 Å². The molecule has 0 aromatic rings. The lowest BCUT2D eigenvalue weighted by Gasteiger charge is -2.05. The molecule has 0 aromatic carbocycles. The first kappa shape index (κ1) is 8.49. The van der Waals surface area contributed by atoms with Crippen LogP contribution in [-0.4, -0.2) is 37.4 Å². The Morgan fingerprint density at radius 1 is 1.82 bits per heavy atom. The number of rotatable bonds is 2. The summed E-state index contributed by atoms with van der Waals surface area (Å²) < 4.78 is 4.54. The van der Waals surface area contributed by atoms with Crippen molar-refractivity contribution in [2.24, 2.45) is 5.92 Å². The van der Waals surface area contributed by atoms with Gasteiger partial charge in [0.15, 0.2) is 0 Å². The van der Waals surface area contributed by atoms with Crippen LogP contribution in [0.5, 0.6) is 0 Å². The summed E-state index contributed by atoms with van der Waals surface area (Å²) in [6.45, 7) is 0.844. The second-order valence-corrected chi connectivity index (χ2v) is 2.77. The van der Waals surface area contributed by atoms with Gasteiger partial charge in [0.2, 0.25) is 0 Å². The monoisotopic (exact) mass is 159 g/mol. The van der Waals surface area contributed by atoms with Crippen LogP contribution in [0.15, 0.2) is 0 Å². The van der Waals surface area contributed by atoms with Gasteiger partial charge in [-0.2, -0.15) is 0 Å². The van der Waals surface area contributed by atoms with Crippen LogP contribution in [0.3, 0.4) is 0 Å². The van der Waals surface area contributed by atoms with Gasteiger partial charge >= 0.3 is 5.97 Å². The minimum absolute atomic E-state index is 0.139. The van der Waals surface area contributed by atoms with E-state index >= 15 is 0 Å². The van der Waals surface area contributed by atoms with Gasteiger partial charge in [-0.1, -0.05) is 0 Å². The summed E-state index contributed by atoms with van der Waals surface area (Å²) in [4.78, 5) is 10.9. The molecule has 4 nitrogen and oxygen atoms in total. The van der Waals surface area contributed by atoms with E-state index < -0.39 is 0 Å². The largest absolute Gasteiger partial charge is 0.468 e. The second-order valence-electron chi connectivity index (χ2n) is 2.77. The van der Waals surface area contributed by atoms with Crippen molar-refractivity contribution in [3.8, 4) is 0 Å². The molecule has 1 heterocycles. The van der Waals surface area contributed by atoms with Gasteiger partial charge < -0.3 is 15.2 Å². The summed E-state index contributed by atoms with van der Waals surface area (Å²) >= 11 is 0. The van der Waals surface area contributed by atoms with Crippen molar-refractivity contribution in [2.75, 3.05) is 20.3 Å². The number of nitrogens with one attached hydrogen (secondary N) is 1. The number of carbonyl (C=O) groups is 1. The maximum atomic E-state index is 10.9. The molecular formula is C7H13NO3. The molecular weight excluding hydrogens is 146 g/mol. The third-order valence-corrected chi connectivity index (χ3v) is 1.97. The Kier molecular flexibility index (Phi) is 2.84. The van der Waals surface area contributed by atoms with E-state index in [2.05, 4.69) is 10.1 Å². The number of esters is 1. The van der Waals surface area contributed by atoms with E-state index in [0.29, 0.717) is 13.0 Å². The van der Waals surface area contributed by atoms with E-state index in [1.807, 2.05) is 0 Å². The molecule has 1 rings (SSSR count). The van der Waals surface area contributed by atoms with Gasteiger partial charge in [0, 0.05) is 13.2 Å². The van der Waals surface area contributed by atoms with E-state index in [9.17, 15) is 4.79 Å². The fourth-order valence-electron chi connectivity index (χ4n) is 1.27. The molecule has 64 valence electrons. The Morgan fingerprint density at radius 2 is 2.55 bits per heavy atom. The van der Waals surface area contributed by atoms with Crippen LogP contribution < -0.4 is 5.32 Å². The summed E-state index contributed by atoms with van der Waals surface area (Å²) in [6.07, 6.45) is 0.684. The number of methoxy groups -OCH3 is 1. The molecule has 0 radical (unpaired) electrons. The molecule has 0 spiro atoms. The van der Waals surface area contributed by atoms with E-state index in [1.54, 1.807) is 0 Å². The predicted molar refractivity (Wildman–Crippen MR) is 39.0 cm³/mol. The molecule has 0 aromatic heterocycles. The van der Waals surface area contributed by atoms with Crippen molar-refractivity contribution in [1.29, 1.82) is 0 Å². The van der Waals surface area contributed by atoms with Crippen LogP contribution >= 0.6 is 0 Å². The molecule has 2 atom stereocenters. The number of aliphatic hydroxyl groups is 1. The molecule has 0 aliphatic carbocycles. The molecule has 1 aliphatic heterocycles. The van der Waals surface area contributed by atoms with E-state index in [0.717, 1.165) is 0 Å². The molecule has 11 heavy (non-hydrogen) atoms.